The van der Waals surface area contributed by atoms with Gasteiger partial charge in [-0.15, -0.1) is 0 Å². The first-order valence-corrected chi connectivity index (χ1v) is 5.56. The van der Waals surface area contributed by atoms with Gasteiger partial charge in [-0.2, -0.15) is 0 Å². The minimum absolute atomic E-state index is 0.372. The topological polar surface area (TPSA) is 26.0 Å². The maximum Gasteiger partial charge on any atom is 0.0441 e. The Kier molecular flexibility index (Phi) is 2.80. The minimum Gasteiger partial charge on any atom is -0.328 e. The molecular weight excluding hydrogens is 194 g/mol. The van der Waals surface area contributed by atoms with Crippen molar-refractivity contribution in [2.45, 2.75) is 38.1 Å². The molecule has 76 valence electrons. The average Bonchev–Trinajstić information content (AvgIpc) is 2.56. The summed E-state index contributed by atoms with van der Waals surface area (Å²) in [6.07, 6.45) is 3.41. The van der Waals surface area contributed by atoms with E-state index in [2.05, 4.69) is 19.1 Å². The van der Waals surface area contributed by atoms with E-state index in [4.69, 9.17) is 17.3 Å². The lowest BCUT2D eigenvalue weighted by molar-refractivity contribution is 0.674. The predicted molar refractivity (Wildman–Crippen MR) is 60.8 cm³/mol. The van der Waals surface area contributed by atoms with Crippen LogP contribution in [0, 0.1) is 6.92 Å². The highest BCUT2D eigenvalue weighted by molar-refractivity contribution is 6.31. The van der Waals surface area contributed by atoms with E-state index in [0.29, 0.717) is 12.0 Å². The van der Waals surface area contributed by atoms with Crippen molar-refractivity contribution in [3.05, 3.63) is 34.3 Å². The fraction of sp³-hybridized carbons (Fsp3) is 0.500. The van der Waals surface area contributed by atoms with Crippen LogP contribution in [0.25, 0.3) is 0 Å². The fourth-order valence-electron chi connectivity index (χ4n) is 2.27. The third-order valence-electron chi connectivity index (χ3n) is 3.06. The van der Waals surface area contributed by atoms with Crippen LogP contribution in [-0.2, 0) is 0 Å². The molecule has 0 saturated heterocycles. The van der Waals surface area contributed by atoms with Crippen LogP contribution in [0.2, 0.25) is 5.02 Å². The lowest BCUT2D eigenvalue weighted by atomic mass is 9.96. The van der Waals surface area contributed by atoms with Crippen LogP contribution < -0.4 is 5.73 Å². The normalized spacial score (nSPS) is 26.8. The van der Waals surface area contributed by atoms with Crippen molar-refractivity contribution in [3.63, 3.8) is 0 Å². The number of rotatable bonds is 1. The van der Waals surface area contributed by atoms with Crippen molar-refractivity contribution < 1.29 is 0 Å². The van der Waals surface area contributed by atoms with Gasteiger partial charge in [0.2, 0.25) is 0 Å². The number of halogens is 1. The molecule has 1 saturated carbocycles. The first-order valence-electron chi connectivity index (χ1n) is 5.18. The van der Waals surface area contributed by atoms with Gasteiger partial charge in [-0.3, -0.25) is 0 Å². The van der Waals surface area contributed by atoms with Gasteiger partial charge in [-0.1, -0.05) is 29.3 Å². The summed E-state index contributed by atoms with van der Waals surface area (Å²) in [6.45, 7) is 2.11. The Bertz CT molecular complexity index is 335. The number of hydrogen-bond acceptors (Lipinski definition) is 1. The van der Waals surface area contributed by atoms with E-state index in [1.165, 1.54) is 17.5 Å². The second kappa shape index (κ2) is 3.92. The summed E-state index contributed by atoms with van der Waals surface area (Å²) in [7, 11) is 0. The molecule has 2 unspecified atom stereocenters. The molecule has 1 aromatic carbocycles. The zero-order valence-corrected chi connectivity index (χ0v) is 9.22. The van der Waals surface area contributed by atoms with E-state index in [-0.39, 0.29) is 0 Å². The molecule has 0 heterocycles. The second-order valence-corrected chi connectivity index (χ2v) is 4.70. The summed E-state index contributed by atoms with van der Waals surface area (Å²) in [4.78, 5) is 0. The first-order chi connectivity index (χ1) is 6.66. The van der Waals surface area contributed by atoms with Gasteiger partial charge >= 0.3 is 0 Å². The molecule has 2 N–H and O–H groups in total. The third kappa shape index (κ3) is 1.94. The Morgan fingerprint density at radius 2 is 2.14 bits per heavy atom. The van der Waals surface area contributed by atoms with Gasteiger partial charge in [0.1, 0.15) is 0 Å². The van der Waals surface area contributed by atoms with Gasteiger partial charge in [0.05, 0.1) is 0 Å². The van der Waals surface area contributed by atoms with E-state index >= 15 is 0 Å². The highest BCUT2D eigenvalue weighted by Crippen LogP contribution is 2.37. The summed E-state index contributed by atoms with van der Waals surface area (Å²) in [6, 6.07) is 6.62. The molecule has 0 aromatic heterocycles. The highest BCUT2D eigenvalue weighted by Gasteiger charge is 2.24. The molecule has 2 rings (SSSR count). The van der Waals surface area contributed by atoms with Gasteiger partial charge < -0.3 is 5.73 Å². The lowest BCUT2D eigenvalue weighted by Gasteiger charge is -2.12. The van der Waals surface area contributed by atoms with Gasteiger partial charge in [0, 0.05) is 11.1 Å². The number of hydrogen-bond donors (Lipinski definition) is 1. The van der Waals surface area contributed by atoms with Crippen molar-refractivity contribution >= 4 is 11.6 Å². The van der Waals surface area contributed by atoms with Crippen LogP contribution in [0.3, 0.4) is 0 Å². The summed E-state index contributed by atoms with van der Waals surface area (Å²) < 4.78 is 0. The number of aryl methyl sites for hydroxylation is 1. The maximum atomic E-state index is 6.18. The molecule has 14 heavy (non-hydrogen) atoms. The van der Waals surface area contributed by atoms with Gasteiger partial charge in [0.15, 0.2) is 0 Å². The van der Waals surface area contributed by atoms with Crippen LogP contribution in [0.1, 0.15) is 36.3 Å². The third-order valence-corrected chi connectivity index (χ3v) is 3.41. The van der Waals surface area contributed by atoms with Crippen molar-refractivity contribution in [1.82, 2.24) is 0 Å². The fourth-order valence-corrected chi connectivity index (χ4v) is 2.55. The monoisotopic (exact) mass is 209 g/mol. The van der Waals surface area contributed by atoms with E-state index in [9.17, 15) is 0 Å². The zero-order chi connectivity index (χ0) is 10.1. The molecule has 0 aliphatic heterocycles. The molecule has 1 aromatic rings. The Morgan fingerprint density at radius 3 is 2.79 bits per heavy atom. The Balaban J connectivity index is 2.27. The molecule has 1 fully saturated rings. The van der Waals surface area contributed by atoms with Crippen molar-refractivity contribution in [1.29, 1.82) is 0 Å². The van der Waals surface area contributed by atoms with E-state index in [0.717, 1.165) is 17.9 Å². The van der Waals surface area contributed by atoms with E-state index in [1.807, 2.05) is 6.07 Å². The Labute approximate surface area is 90.3 Å². The average molecular weight is 210 g/mol. The summed E-state index contributed by atoms with van der Waals surface area (Å²) in [5.41, 5.74) is 8.48. The van der Waals surface area contributed by atoms with Crippen LogP contribution >= 0.6 is 11.6 Å². The van der Waals surface area contributed by atoms with Crippen molar-refractivity contribution in [2.75, 3.05) is 0 Å². The first kappa shape index (κ1) is 10.0. The van der Waals surface area contributed by atoms with Gasteiger partial charge in [-0.05, 0) is 43.7 Å². The molecule has 0 bridgehead atoms. The van der Waals surface area contributed by atoms with Gasteiger partial charge in [-0.25, -0.2) is 0 Å². The van der Waals surface area contributed by atoms with Crippen LogP contribution in [0.4, 0.5) is 0 Å². The predicted octanol–water partition coefficient (Wildman–Crippen LogP) is 3.24. The largest absolute Gasteiger partial charge is 0.328 e. The number of nitrogens with two attached hydrogens (primary N) is 1. The van der Waals surface area contributed by atoms with Crippen LogP contribution in [-0.4, -0.2) is 6.04 Å². The van der Waals surface area contributed by atoms with Crippen LogP contribution in [0.5, 0.6) is 0 Å². The lowest BCUT2D eigenvalue weighted by Crippen LogP contribution is -2.14. The molecule has 1 aliphatic rings. The maximum absolute atomic E-state index is 6.18. The standard InChI is InChI=1S/C12H16ClN/c1-8-2-5-12(13)11(6-8)9-3-4-10(14)7-9/h2,5-6,9-10H,3-4,7,14H2,1H3. The summed E-state index contributed by atoms with van der Waals surface area (Å²) in [5.74, 6) is 0.581. The van der Waals surface area contributed by atoms with Crippen molar-refractivity contribution in [2.24, 2.45) is 5.73 Å². The molecule has 0 amide bonds. The molecule has 0 radical (unpaired) electrons. The van der Waals surface area contributed by atoms with E-state index in [1.54, 1.807) is 0 Å². The molecule has 2 heteroatoms. The molecule has 1 aliphatic carbocycles. The summed E-state index contributed by atoms with van der Waals surface area (Å²) in [5, 5.41) is 0.898. The molecule has 0 spiro atoms. The second-order valence-electron chi connectivity index (χ2n) is 4.30. The molecular formula is C12H16ClN. The van der Waals surface area contributed by atoms with Crippen LogP contribution in [0.15, 0.2) is 18.2 Å². The van der Waals surface area contributed by atoms with Gasteiger partial charge in [0.25, 0.3) is 0 Å². The number of benzene rings is 1. The smallest absolute Gasteiger partial charge is 0.0441 e. The zero-order valence-electron chi connectivity index (χ0n) is 8.46. The van der Waals surface area contributed by atoms with Crippen molar-refractivity contribution in [3.8, 4) is 0 Å². The summed E-state index contributed by atoms with van der Waals surface area (Å²) >= 11 is 6.18. The SMILES string of the molecule is Cc1ccc(Cl)c(C2CCC(N)C2)c1. The molecule has 1 nitrogen and oxygen atoms in total. The molecule has 2 atom stereocenters. The van der Waals surface area contributed by atoms with E-state index < -0.39 is 0 Å². The highest BCUT2D eigenvalue weighted by atomic mass is 35.5. The Hall–Kier alpha value is -0.530. The minimum atomic E-state index is 0.372. The Morgan fingerprint density at radius 1 is 1.36 bits per heavy atom. The quantitative estimate of drug-likeness (QED) is 0.755.